The topological polar surface area (TPSA) is 68.7 Å². The van der Waals surface area contributed by atoms with Gasteiger partial charge in [0.2, 0.25) is 0 Å². The van der Waals surface area contributed by atoms with Crippen LogP contribution < -0.4 is 9.64 Å². The van der Waals surface area contributed by atoms with Gasteiger partial charge in [-0.25, -0.2) is 4.98 Å². The van der Waals surface area contributed by atoms with E-state index in [-0.39, 0.29) is 18.6 Å². The van der Waals surface area contributed by atoms with Crippen LogP contribution in [0.15, 0.2) is 18.2 Å². The number of hydrogen-bond acceptors (Lipinski definition) is 6. The molecule has 7 heteroatoms. The van der Waals surface area contributed by atoms with E-state index in [0.717, 1.165) is 27.6 Å². The van der Waals surface area contributed by atoms with Gasteiger partial charge in [0, 0.05) is 10.4 Å². The zero-order valence-corrected chi connectivity index (χ0v) is 17.1. The van der Waals surface area contributed by atoms with Crippen molar-refractivity contribution in [3.05, 3.63) is 28.1 Å². The third-order valence-corrected chi connectivity index (χ3v) is 5.43. The van der Waals surface area contributed by atoms with Crippen molar-refractivity contribution in [2.75, 3.05) is 11.4 Å². The van der Waals surface area contributed by atoms with Gasteiger partial charge in [-0.1, -0.05) is 6.92 Å². The first-order valence-corrected chi connectivity index (χ1v) is 9.87. The Bertz CT molecular complexity index is 877. The monoisotopic (exact) mass is 388 g/mol. The lowest BCUT2D eigenvalue weighted by Gasteiger charge is -2.32. The summed E-state index contributed by atoms with van der Waals surface area (Å²) >= 11 is 1.63. The molecule has 2 unspecified atom stereocenters. The molecule has 0 saturated heterocycles. The first-order chi connectivity index (χ1) is 12.8. The van der Waals surface area contributed by atoms with Gasteiger partial charge >= 0.3 is 5.97 Å². The highest BCUT2D eigenvalue weighted by molar-refractivity contribution is 7.11. The van der Waals surface area contributed by atoms with Crippen molar-refractivity contribution in [2.45, 2.75) is 53.2 Å². The van der Waals surface area contributed by atoms with Crippen LogP contribution in [0.2, 0.25) is 0 Å². The number of ether oxygens (including phenoxy) is 2. The van der Waals surface area contributed by atoms with E-state index in [1.807, 2.05) is 45.9 Å². The van der Waals surface area contributed by atoms with Gasteiger partial charge in [-0.2, -0.15) is 0 Å². The molecule has 3 rings (SSSR count). The molecule has 0 fully saturated rings. The summed E-state index contributed by atoms with van der Waals surface area (Å²) in [5.74, 6) is -0.109. The Morgan fingerprint density at radius 3 is 2.78 bits per heavy atom. The first-order valence-electron chi connectivity index (χ1n) is 9.06. The standard InChI is InChI=1S/C20H24N2O4S/c1-6-11(2)25-18(23)10-22-16-9-15(19-13(4)27-14(5)21-19)7-8-17(16)26-12(3)20(22)24/h7-9,11-12H,6,10H2,1-5H3. The molecule has 27 heavy (non-hydrogen) atoms. The maximum Gasteiger partial charge on any atom is 0.326 e. The number of amides is 1. The van der Waals surface area contributed by atoms with Crippen LogP contribution in [0.25, 0.3) is 11.3 Å². The highest BCUT2D eigenvalue weighted by Gasteiger charge is 2.33. The van der Waals surface area contributed by atoms with Crippen molar-refractivity contribution < 1.29 is 19.1 Å². The average Bonchev–Trinajstić information content (AvgIpc) is 2.96. The van der Waals surface area contributed by atoms with Crippen molar-refractivity contribution in [3.63, 3.8) is 0 Å². The Kier molecular flexibility index (Phi) is 5.51. The first kappa shape index (κ1) is 19.4. The van der Waals surface area contributed by atoms with Crippen molar-refractivity contribution in [1.29, 1.82) is 0 Å². The zero-order valence-electron chi connectivity index (χ0n) is 16.2. The third-order valence-electron chi connectivity index (χ3n) is 4.54. The Morgan fingerprint density at radius 2 is 2.15 bits per heavy atom. The van der Waals surface area contributed by atoms with Gasteiger partial charge in [-0.05, 0) is 52.3 Å². The van der Waals surface area contributed by atoms with Gasteiger partial charge in [0.1, 0.15) is 12.3 Å². The molecule has 2 atom stereocenters. The number of nitrogens with zero attached hydrogens (tertiary/aromatic N) is 2. The fraction of sp³-hybridized carbons (Fsp3) is 0.450. The fourth-order valence-corrected chi connectivity index (χ4v) is 3.83. The maximum atomic E-state index is 12.7. The number of rotatable bonds is 5. The fourth-order valence-electron chi connectivity index (χ4n) is 2.99. The molecule has 2 heterocycles. The van der Waals surface area contributed by atoms with Gasteiger partial charge in [0.15, 0.2) is 6.10 Å². The second-order valence-electron chi connectivity index (χ2n) is 6.71. The van der Waals surface area contributed by atoms with Gasteiger partial charge in [-0.15, -0.1) is 11.3 Å². The molecular formula is C20H24N2O4S. The smallest absolute Gasteiger partial charge is 0.326 e. The lowest BCUT2D eigenvalue weighted by Crippen LogP contribution is -2.47. The van der Waals surface area contributed by atoms with Crippen molar-refractivity contribution in [3.8, 4) is 17.0 Å². The Balaban J connectivity index is 1.96. The zero-order chi connectivity index (χ0) is 19.7. The minimum atomic E-state index is -0.650. The van der Waals surface area contributed by atoms with E-state index in [2.05, 4.69) is 4.98 Å². The summed E-state index contributed by atoms with van der Waals surface area (Å²) in [6.07, 6.45) is -0.108. The van der Waals surface area contributed by atoms with E-state index >= 15 is 0 Å². The van der Waals surface area contributed by atoms with Crippen molar-refractivity contribution in [1.82, 2.24) is 4.98 Å². The number of carbonyl (C=O) groups is 2. The number of hydrogen-bond donors (Lipinski definition) is 0. The highest BCUT2D eigenvalue weighted by Crippen LogP contribution is 2.38. The summed E-state index contributed by atoms with van der Waals surface area (Å²) in [5.41, 5.74) is 2.34. The molecule has 0 aliphatic carbocycles. The summed E-state index contributed by atoms with van der Waals surface area (Å²) in [4.78, 5) is 32.1. The predicted octanol–water partition coefficient (Wildman–Crippen LogP) is 3.88. The maximum absolute atomic E-state index is 12.7. The van der Waals surface area contributed by atoms with Crippen molar-refractivity contribution >= 4 is 28.9 Å². The molecule has 1 aromatic heterocycles. The van der Waals surface area contributed by atoms with Gasteiger partial charge in [-0.3, -0.25) is 14.5 Å². The van der Waals surface area contributed by atoms with Crippen LogP contribution in [0, 0.1) is 13.8 Å². The minimum Gasteiger partial charge on any atom is -0.479 e. The SMILES string of the molecule is CCC(C)OC(=O)CN1C(=O)C(C)Oc2ccc(-c3nc(C)sc3C)cc21. The van der Waals surface area contributed by atoms with Crippen molar-refractivity contribution in [2.24, 2.45) is 0 Å². The lowest BCUT2D eigenvalue weighted by molar-refractivity contribution is -0.147. The Morgan fingerprint density at radius 1 is 1.41 bits per heavy atom. The Labute approximate surface area is 163 Å². The number of fused-ring (bicyclic) bond motifs is 1. The summed E-state index contributed by atoms with van der Waals surface area (Å²) in [5, 5.41) is 0.982. The molecule has 0 bridgehead atoms. The van der Waals surface area contributed by atoms with E-state index in [9.17, 15) is 9.59 Å². The normalized spacial score (nSPS) is 17.3. The lowest BCUT2D eigenvalue weighted by atomic mass is 10.1. The second kappa shape index (κ2) is 7.68. The molecule has 144 valence electrons. The Hall–Kier alpha value is -2.41. The summed E-state index contributed by atoms with van der Waals surface area (Å²) < 4.78 is 11.1. The van der Waals surface area contributed by atoms with Gasteiger partial charge in [0.05, 0.1) is 22.5 Å². The van der Waals surface area contributed by atoms with E-state index in [1.54, 1.807) is 18.3 Å². The number of esters is 1. The second-order valence-corrected chi connectivity index (χ2v) is 8.12. The molecule has 0 saturated carbocycles. The van der Waals surface area contributed by atoms with Crippen LogP contribution >= 0.6 is 11.3 Å². The van der Waals surface area contributed by atoms with Crippen LogP contribution in [-0.4, -0.2) is 35.6 Å². The molecule has 0 radical (unpaired) electrons. The molecule has 6 nitrogen and oxygen atoms in total. The number of carbonyl (C=O) groups excluding carboxylic acids is 2. The van der Waals surface area contributed by atoms with E-state index in [4.69, 9.17) is 9.47 Å². The molecule has 0 spiro atoms. The largest absolute Gasteiger partial charge is 0.479 e. The predicted molar refractivity (Wildman–Crippen MR) is 105 cm³/mol. The minimum absolute atomic E-state index is 0.137. The van der Waals surface area contributed by atoms with Gasteiger partial charge < -0.3 is 9.47 Å². The summed E-state index contributed by atoms with van der Waals surface area (Å²) in [6, 6.07) is 5.62. The van der Waals surface area contributed by atoms with Crippen LogP contribution in [0.4, 0.5) is 5.69 Å². The van der Waals surface area contributed by atoms with E-state index < -0.39 is 12.1 Å². The number of aromatic nitrogens is 1. The molecule has 1 amide bonds. The van der Waals surface area contributed by atoms with Gasteiger partial charge in [0.25, 0.3) is 5.91 Å². The number of aryl methyl sites for hydroxylation is 2. The number of thiazole rings is 1. The van der Waals surface area contributed by atoms with Crippen LogP contribution in [0.3, 0.4) is 0 Å². The molecule has 1 aliphatic heterocycles. The third kappa shape index (κ3) is 3.98. The number of benzene rings is 1. The van der Waals surface area contributed by atoms with Crippen LogP contribution in [-0.2, 0) is 14.3 Å². The molecule has 0 N–H and O–H groups in total. The van der Waals surface area contributed by atoms with E-state index in [0.29, 0.717) is 11.4 Å². The quantitative estimate of drug-likeness (QED) is 0.727. The van der Waals surface area contributed by atoms with Crippen LogP contribution in [0.5, 0.6) is 5.75 Å². The molecule has 2 aromatic rings. The average molecular weight is 388 g/mol. The van der Waals surface area contributed by atoms with Crippen LogP contribution in [0.1, 0.15) is 37.1 Å². The van der Waals surface area contributed by atoms with E-state index in [1.165, 1.54) is 4.90 Å². The molecule has 1 aromatic carbocycles. The molecular weight excluding hydrogens is 364 g/mol. The highest BCUT2D eigenvalue weighted by atomic mass is 32.1. The molecule has 1 aliphatic rings. The summed E-state index contributed by atoms with van der Waals surface area (Å²) in [7, 11) is 0. The number of anilines is 1. The summed E-state index contributed by atoms with van der Waals surface area (Å²) in [6.45, 7) is 9.30.